The predicted molar refractivity (Wildman–Crippen MR) is 88.4 cm³/mol. The first-order chi connectivity index (χ1) is 11.1. The van der Waals surface area contributed by atoms with Gasteiger partial charge >= 0.3 is 5.97 Å². The van der Waals surface area contributed by atoms with Crippen molar-refractivity contribution in [2.75, 3.05) is 20.3 Å². The summed E-state index contributed by atoms with van der Waals surface area (Å²) in [7, 11) is 1.56. The smallest absolute Gasteiger partial charge is 0.306 e. The van der Waals surface area contributed by atoms with Crippen molar-refractivity contribution in [3.63, 3.8) is 0 Å². The molecule has 2 aromatic rings. The van der Waals surface area contributed by atoms with Crippen LogP contribution in [0.15, 0.2) is 24.3 Å². The molecule has 1 aromatic carbocycles. The lowest BCUT2D eigenvalue weighted by atomic mass is 10.3. The highest BCUT2D eigenvalue weighted by Gasteiger charge is 2.11. The summed E-state index contributed by atoms with van der Waals surface area (Å²) < 4.78 is 11.0. The number of hydrogen-bond donors (Lipinski definition) is 1. The molecule has 124 valence electrons. The summed E-state index contributed by atoms with van der Waals surface area (Å²) in [6.45, 7) is 1.96. The minimum absolute atomic E-state index is 0.117. The molecule has 0 saturated carbocycles. The summed E-state index contributed by atoms with van der Waals surface area (Å²) in [6, 6.07) is 7.72. The molecule has 0 radical (unpaired) electrons. The van der Waals surface area contributed by atoms with Gasteiger partial charge in [-0.15, -0.1) is 11.3 Å². The lowest BCUT2D eigenvalue weighted by molar-refractivity contribution is -0.148. The zero-order chi connectivity index (χ0) is 16.7. The van der Waals surface area contributed by atoms with Gasteiger partial charge in [0.2, 0.25) is 0 Å². The fourth-order valence-corrected chi connectivity index (χ4v) is 3.03. The lowest BCUT2D eigenvalue weighted by Gasteiger charge is -2.12. The summed E-state index contributed by atoms with van der Waals surface area (Å²) in [5.41, 5.74) is 0.937. The number of esters is 1. The van der Waals surface area contributed by atoms with Crippen LogP contribution in [0.25, 0.3) is 10.2 Å². The zero-order valence-electron chi connectivity index (χ0n) is 13.2. The number of methoxy groups -OCH3 is 1. The monoisotopic (exact) mass is 336 g/mol. The van der Waals surface area contributed by atoms with E-state index in [9.17, 15) is 9.59 Å². The molecular weight excluding hydrogens is 316 g/mol. The summed E-state index contributed by atoms with van der Waals surface area (Å²) >= 11 is 1.57. The molecule has 0 spiro atoms. The Morgan fingerprint density at radius 2 is 2.13 bits per heavy atom. The number of benzene rings is 1. The van der Waals surface area contributed by atoms with Crippen LogP contribution in [-0.2, 0) is 25.5 Å². The highest BCUT2D eigenvalue weighted by atomic mass is 32.1. The quantitative estimate of drug-likeness (QED) is 0.745. The summed E-state index contributed by atoms with van der Waals surface area (Å²) in [4.78, 5) is 27.7. The van der Waals surface area contributed by atoms with E-state index in [0.29, 0.717) is 13.0 Å². The molecule has 1 aromatic heterocycles. The molecule has 0 bridgehead atoms. The third-order valence-electron chi connectivity index (χ3n) is 3.07. The largest absolute Gasteiger partial charge is 0.456 e. The van der Waals surface area contributed by atoms with Gasteiger partial charge in [0.25, 0.3) is 5.91 Å². The number of hydrogen-bond acceptors (Lipinski definition) is 6. The van der Waals surface area contributed by atoms with E-state index in [0.717, 1.165) is 15.2 Å². The molecule has 0 unspecified atom stereocenters. The van der Waals surface area contributed by atoms with Crippen molar-refractivity contribution in [3.8, 4) is 0 Å². The second-order valence-electron chi connectivity index (χ2n) is 5.16. The average Bonchev–Trinajstić information content (AvgIpc) is 2.94. The van der Waals surface area contributed by atoms with Crippen molar-refractivity contribution in [1.29, 1.82) is 0 Å². The maximum Gasteiger partial charge on any atom is 0.306 e. The van der Waals surface area contributed by atoms with E-state index in [4.69, 9.17) is 9.47 Å². The first kappa shape index (κ1) is 17.4. The van der Waals surface area contributed by atoms with Crippen LogP contribution in [0.4, 0.5) is 0 Å². The molecule has 1 N–H and O–H groups in total. The lowest BCUT2D eigenvalue weighted by Crippen LogP contribution is -2.38. The normalized spacial score (nSPS) is 12.1. The van der Waals surface area contributed by atoms with Crippen LogP contribution in [0, 0.1) is 0 Å². The van der Waals surface area contributed by atoms with Gasteiger partial charge in [-0.1, -0.05) is 12.1 Å². The molecule has 0 fully saturated rings. The molecule has 0 aliphatic rings. The predicted octanol–water partition coefficient (Wildman–Crippen LogP) is 1.92. The Morgan fingerprint density at radius 3 is 2.87 bits per heavy atom. The third-order valence-corrected chi connectivity index (χ3v) is 4.17. The molecule has 2 rings (SSSR count). The van der Waals surface area contributed by atoms with Crippen LogP contribution in [0.5, 0.6) is 0 Å². The number of nitrogens with one attached hydrogen (secondary N) is 1. The van der Waals surface area contributed by atoms with Gasteiger partial charge < -0.3 is 14.8 Å². The molecular formula is C16H20N2O4S. The van der Waals surface area contributed by atoms with E-state index >= 15 is 0 Å². The molecule has 0 saturated heterocycles. The number of amides is 1. The highest BCUT2D eigenvalue weighted by Crippen LogP contribution is 2.22. The van der Waals surface area contributed by atoms with Crippen LogP contribution < -0.4 is 5.32 Å². The average molecular weight is 336 g/mol. The van der Waals surface area contributed by atoms with Crippen molar-refractivity contribution < 1.29 is 19.1 Å². The minimum atomic E-state index is -0.404. The number of fused-ring (bicyclic) bond motifs is 1. The van der Waals surface area contributed by atoms with Crippen molar-refractivity contribution >= 4 is 33.4 Å². The van der Waals surface area contributed by atoms with E-state index in [1.165, 1.54) is 0 Å². The molecule has 1 amide bonds. The van der Waals surface area contributed by atoms with E-state index in [1.54, 1.807) is 18.4 Å². The van der Waals surface area contributed by atoms with Crippen molar-refractivity contribution in [2.24, 2.45) is 0 Å². The highest BCUT2D eigenvalue weighted by molar-refractivity contribution is 7.18. The fraction of sp³-hybridized carbons (Fsp3) is 0.438. The van der Waals surface area contributed by atoms with Gasteiger partial charge in [-0.05, 0) is 19.1 Å². The van der Waals surface area contributed by atoms with Crippen LogP contribution in [0.3, 0.4) is 0 Å². The van der Waals surface area contributed by atoms with Gasteiger partial charge in [0, 0.05) is 19.6 Å². The second kappa shape index (κ2) is 8.59. The Labute approximate surface area is 138 Å². The topological polar surface area (TPSA) is 77.5 Å². The van der Waals surface area contributed by atoms with Gasteiger partial charge in [0.05, 0.1) is 28.3 Å². The minimum Gasteiger partial charge on any atom is -0.456 e. The maximum atomic E-state index is 11.7. The Hall–Kier alpha value is -1.99. The van der Waals surface area contributed by atoms with Crippen molar-refractivity contribution in [1.82, 2.24) is 10.3 Å². The Morgan fingerprint density at radius 1 is 1.35 bits per heavy atom. The molecule has 1 heterocycles. The molecule has 6 nitrogen and oxygen atoms in total. The van der Waals surface area contributed by atoms with Crippen LogP contribution in [0.1, 0.15) is 18.4 Å². The number of carbonyl (C=O) groups excluding carboxylic acids is 2. The zero-order valence-corrected chi connectivity index (χ0v) is 14.0. The second-order valence-corrected chi connectivity index (χ2v) is 6.28. The molecule has 7 heteroatoms. The number of rotatable bonds is 8. The Kier molecular flexibility index (Phi) is 6.49. The molecule has 0 aliphatic heterocycles. The first-order valence-corrected chi connectivity index (χ1v) is 8.18. The Bertz CT molecular complexity index is 638. The van der Waals surface area contributed by atoms with Gasteiger partial charge in [0.1, 0.15) is 0 Å². The summed E-state index contributed by atoms with van der Waals surface area (Å²) in [6.07, 6.45) is 0.723. The maximum absolute atomic E-state index is 11.7. The van der Waals surface area contributed by atoms with Crippen LogP contribution >= 0.6 is 11.3 Å². The number of aryl methyl sites for hydroxylation is 1. The SMILES string of the molecule is COC[C@@H](C)NC(=O)COC(=O)CCc1nc2ccccc2s1. The number of ether oxygens (including phenoxy) is 2. The third kappa shape index (κ3) is 5.61. The van der Waals surface area contributed by atoms with Crippen LogP contribution in [-0.4, -0.2) is 43.2 Å². The van der Waals surface area contributed by atoms with Crippen LogP contribution in [0.2, 0.25) is 0 Å². The number of para-hydroxylation sites is 1. The number of carbonyl (C=O) groups is 2. The van der Waals surface area contributed by atoms with E-state index in [2.05, 4.69) is 10.3 Å². The fourth-order valence-electron chi connectivity index (χ4n) is 2.06. The number of nitrogens with zero attached hydrogens (tertiary/aromatic N) is 1. The van der Waals surface area contributed by atoms with Gasteiger partial charge in [-0.3, -0.25) is 9.59 Å². The number of aromatic nitrogens is 1. The van der Waals surface area contributed by atoms with Crippen molar-refractivity contribution in [2.45, 2.75) is 25.8 Å². The Balaban J connectivity index is 1.71. The molecule has 0 aliphatic carbocycles. The van der Waals surface area contributed by atoms with Gasteiger partial charge in [-0.2, -0.15) is 0 Å². The van der Waals surface area contributed by atoms with Gasteiger partial charge in [0.15, 0.2) is 6.61 Å². The van der Waals surface area contributed by atoms with Gasteiger partial charge in [-0.25, -0.2) is 4.98 Å². The van der Waals surface area contributed by atoms with E-state index in [1.807, 2.05) is 31.2 Å². The van der Waals surface area contributed by atoms with Crippen molar-refractivity contribution in [3.05, 3.63) is 29.3 Å². The summed E-state index contributed by atoms with van der Waals surface area (Å²) in [5.74, 6) is -0.735. The summed E-state index contributed by atoms with van der Waals surface area (Å²) in [5, 5.41) is 3.57. The molecule has 1 atom stereocenters. The van der Waals surface area contributed by atoms with E-state index in [-0.39, 0.29) is 25.0 Å². The first-order valence-electron chi connectivity index (χ1n) is 7.37. The standard InChI is InChI=1S/C16H20N2O4S/c1-11(9-21-2)17-14(19)10-22-16(20)8-7-15-18-12-5-3-4-6-13(12)23-15/h3-6,11H,7-10H2,1-2H3,(H,17,19)/t11-/m1/s1. The van der Waals surface area contributed by atoms with E-state index < -0.39 is 5.97 Å². The molecule has 23 heavy (non-hydrogen) atoms. The number of thiazole rings is 1.